The zero-order chi connectivity index (χ0) is 15.4. The second kappa shape index (κ2) is 6.85. The molecule has 0 bridgehead atoms. The van der Waals surface area contributed by atoms with Gasteiger partial charge in [-0.15, -0.1) is 0 Å². The molecule has 0 spiro atoms. The normalized spacial score (nSPS) is 14.5. The third-order valence-electron chi connectivity index (χ3n) is 3.21. The first-order chi connectivity index (χ1) is 10.8. The van der Waals surface area contributed by atoms with Gasteiger partial charge in [0, 0.05) is 25.4 Å². The SMILES string of the molecule is N#Cc1cnc(Nc2cc(N3CCOCC3)c(I)cn2)cn1. The van der Waals surface area contributed by atoms with Crippen LogP contribution < -0.4 is 10.2 Å². The highest BCUT2D eigenvalue weighted by Crippen LogP contribution is 2.26. The number of nitrogens with one attached hydrogen (secondary N) is 1. The molecule has 2 aromatic rings. The summed E-state index contributed by atoms with van der Waals surface area (Å²) in [6, 6.07) is 3.93. The molecule has 112 valence electrons. The van der Waals surface area contributed by atoms with Gasteiger partial charge in [-0.05, 0) is 22.6 Å². The van der Waals surface area contributed by atoms with Gasteiger partial charge in [0.25, 0.3) is 0 Å². The minimum atomic E-state index is 0.287. The molecule has 1 aliphatic heterocycles. The number of hydrogen-bond acceptors (Lipinski definition) is 7. The number of hydrogen-bond donors (Lipinski definition) is 1. The molecular formula is C14H13IN6O. The Hall–Kier alpha value is -1.99. The third-order valence-corrected chi connectivity index (χ3v) is 4.04. The lowest BCUT2D eigenvalue weighted by Gasteiger charge is -2.29. The summed E-state index contributed by atoms with van der Waals surface area (Å²) in [4.78, 5) is 14.8. The van der Waals surface area contributed by atoms with E-state index < -0.39 is 0 Å². The van der Waals surface area contributed by atoms with Crippen LogP contribution in [0.15, 0.2) is 24.7 Å². The molecule has 22 heavy (non-hydrogen) atoms. The number of nitrogens with zero attached hydrogens (tertiary/aromatic N) is 5. The first-order valence-corrected chi connectivity index (χ1v) is 7.81. The number of aromatic nitrogens is 3. The third kappa shape index (κ3) is 3.42. The molecule has 0 amide bonds. The average Bonchev–Trinajstić information content (AvgIpc) is 2.58. The first kappa shape index (κ1) is 14.9. The van der Waals surface area contributed by atoms with Crippen molar-refractivity contribution in [1.82, 2.24) is 15.0 Å². The van der Waals surface area contributed by atoms with Crippen LogP contribution in [0.25, 0.3) is 0 Å². The van der Waals surface area contributed by atoms with E-state index in [1.807, 2.05) is 18.3 Å². The van der Waals surface area contributed by atoms with Crippen molar-refractivity contribution in [2.75, 3.05) is 36.5 Å². The molecule has 7 nitrogen and oxygen atoms in total. The van der Waals surface area contributed by atoms with Crippen molar-refractivity contribution in [3.8, 4) is 6.07 Å². The number of halogens is 1. The number of nitriles is 1. The Morgan fingerprint density at radius 1 is 1.14 bits per heavy atom. The molecule has 2 aromatic heterocycles. The molecule has 1 aliphatic rings. The maximum Gasteiger partial charge on any atom is 0.158 e. The van der Waals surface area contributed by atoms with Crippen molar-refractivity contribution in [2.45, 2.75) is 0 Å². The Bertz CT molecular complexity index is 693. The molecule has 8 heteroatoms. The van der Waals surface area contributed by atoms with Gasteiger partial charge in [0.05, 0.1) is 34.9 Å². The van der Waals surface area contributed by atoms with Crippen LogP contribution in [0.4, 0.5) is 17.3 Å². The Labute approximate surface area is 141 Å². The van der Waals surface area contributed by atoms with Gasteiger partial charge in [0.1, 0.15) is 17.7 Å². The number of morpholine rings is 1. The van der Waals surface area contributed by atoms with E-state index in [0.29, 0.717) is 11.6 Å². The van der Waals surface area contributed by atoms with Crippen molar-refractivity contribution in [3.63, 3.8) is 0 Å². The summed E-state index contributed by atoms with van der Waals surface area (Å²) in [5, 5.41) is 11.8. The molecule has 0 atom stereocenters. The fraction of sp³-hybridized carbons (Fsp3) is 0.286. The van der Waals surface area contributed by atoms with Crippen molar-refractivity contribution < 1.29 is 4.74 Å². The molecule has 1 fully saturated rings. The quantitative estimate of drug-likeness (QED) is 0.777. The summed E-state index contributed by atoms with van der Waals surface area (Å²) >= 11 is 2.28. The van der Waals surface area contributed by atoms with Gasteiger partial charge in [-0.2, -0.15) is 5.26 Å². The zero-order valence-electron chi connectivity index (χ0n) is 11.7. The summed E-state index contributed by atoms with van der Waals surface area (Å²) in [7, 11) is 0. The van der Waals surface area contributed by atoms with E-state index >= 15 is 0 Å². The Morgan fingerprint density at radius 2 is 1.91 bits per heavy atom. The average molecular weight is 408 g/mol. The smallest absolute Gasteiger partial charge is 0.158 e. The van der Waals surface area contributed by atoms with Crippen LogP contribution in [-0.2, 0) is 4.74 Å². The van der Waals surface area contributed by atoms with Crippen LogP contribution in [0.5, 0.6) is 0 Å². The molecule has 0 radical (unpaired) electrons. The molecule has 0 saturated carbocycles. The van der Waals surface area contributed by atoms with Crippen molar-refractivity contribution in [2.24, 2.45) is 0 Å². The van der Waals surface area contributed by atoms with Crippen molar-refractivity contribution >= 4 is 39.9 Å². The van der Waals surface area contributed by atoms with E-state index in [1.165, 1.54) is 12.4 Å². The second-order valence-corrected chi connectivity index (χ2v) is 5.81. The highest BCUT2D eigenvalue weighted by Gasteiger charge is 2.15. The number of ether oxygens (including phenoxy) is 1. The topological polar surface area (TPSA) is 87.0 Å². The van der Waals surface area contributed by atoms with Gasteiger partial charge in [0.2, 0.25) is 0 Å². The number of rotatable bonds is 3. The van der Waals surface area contributed by atoms with Gasteiger partial charge in [0.15, 0.2) is 5.69 Å². The molecule has 3 heterocycles. The van der Waals surface area contributed by atoms with E-state index in [2.05, 4.69) is 47.8 Å². The minimum Gasteiger partial charge on any atom is -0.378 e. The monoisotopic (exact) mass is 408 g/mol. The van der Waals surface area contributed by atoms with Gasteiger partial charge in [-0.1, -0.05) is 0 Å². The molecule has 1 saturated heterocycles. The van der Waals surface area contributed by atoms with Crippen molar-refractivity contribution in [1.29, 1.82) is 5.26 Å². The number of anilines is 3. The van der Waals surface area contributed by atoms with E-state index in [1.54, 1.807) is 0 Å². The molecule has 3 rings (SSSR count). The zero-order valence-corrected chi connectivity index (χ0v) is 13.8. The summed E-state index contributed by atoms with van der Waals surface area (Å²) in [5.74, 6) is 1.25. The van der Waals surface area contributed by atoms with Crippen LogP contribution in [0.2, 0.25) is 0 Å². The molecule has 0 aromatic carbocycles. The minimum absolute atomic E-state index is 0.287. The summed E-state index contributed by atoms with van der Waals surface area (Å²) in [6.45, 7) is 3.22. The lowest BCUT2D eigenvalue weighted by molar-refractivity contribution is 0.122. The second-order valence-electron chi connectivity index (χ2n) is 4.64. The highest BCUT2D eigenvalue weighted by molar-refractivity contribution is 14.1. The molecule has 1 N–H and O–H groups in total. The summed E-state index contributed by atoms with van der Waals surface area (Å²) in [6.07, 6.45) is 4.77. The van der Waals surface area contributed by atoms with Gasteiger partial charge in [-0.25, -0.2) is 15.0 Å². The summed E-state index contributed by atoms with van der Waals surface area (Å²) in [5.41, 5.74) is 1.41. The predicted octanol–water partition coefficient (Wildman–Crippen LogP) is 1.93. The van der Waals surface area contributed by atoms with Gasteiger partial charge < -0.3 is 15.0 Å². The predicted molar refractivity (Wildman–Crippen MR) is 90.0 cm³/mol. The fourth-order valence-corrected chi connectivity index (χ4v) is 2.76. The lowest BCUT2D eigenvalue weighted by atomic mass is 10.3. The summed E-state index contributed by atoms with van der Waals surface area (Å²) < 4.78 is 6.48. The number of pyridine rings is 1. The maximum absolute atomic E-state index is 8.73. The van der Waals surface area contributed by atoms with Crippen LogP contribution in [-0.4, -0.2) is 41.3 Å². The van der Waals surface area contributed by atoms with E-state index in [4.69, 9.17) is 10.00 Å². The highest BCUT2D eigenvalue weighted by atomic mass is 127. The van der Waals surface area contributed by atoms with Crippen LogP contribution in [0.1, 0.15) is 5.69 Å². The Kier molecular flexibility index (Phi) is 4.65. The standard InChI is InChI=1S/C14H13IN6O/c15-11-8-19-13(5-12(11)21-1-3-22-4-2-21)20-14-9-17-10(6-16)7-18-14/h5,7-9H,1-4H2,(H,18,19,20). The van der Waals surface area contributed by atoms with E-state index in [-0.39, 0.29) is 5.69 Å². The lowest BCUT2D eigenvalue weighted by Crippen LogP contribution is -2.36. The van der Waals surface area contributed by atoms with Gasteiger partial charge in [-0.3, -0.25) is 0 Å². The van der Waals surface area contributed by atoms with E-state index in [0.717, 1.165) is 35.6 Å². The Morgan fingerprint density at radius 3 is 2.59 bits per heavy atom. The molecular weight excluding hydrogens is 395 g/mol. The van der Waals surface area contributed by atoms with Crippen LogP contribution in [0.3, 0.4) is 0 Å². The first-order valence-electron chi connectivity index (χ1n) is 6.73. The maximum atomic E-state index is 8.73. The van der Waals surface area contributed by atoms with Crippen LogP contribution in [0, 0.1) is 14.9 Å². The molecule has 0 unspecified atom stereocenters. The Balaban J connectivity index is 1.80. The largest absolute Gasteiger partial charge is 0.378 e. The molecule has 0 aliphatic carbocycles. The fourth-order valence-electron chi connectivity index (χ4n) is 2.12. The van der Waals surface area contributed by atoms with Crippen LogP contribution >= 0.6 is 22.6 Å². The van der Waals surface area contributed by atoms with E-state index in [9.17, 15) is 0 Å². The van der Waals surface area contributed by atoms with Gasteiger partial charge >= 0.3 is 0 Å². The van der Waals surface area contributed by atoms with Crippen molar-refractivity contribution in [3.05, 3.63) is 33.9 Å².